The summed E-state index contributed by atoms with van der Waals surface area (Å²) in [5, 5.41) is 2.98. The third-order valence-corrected chi connectivity index (χ3v) is 4.52. The number of rotatable bonds is 6. The quantitative estimate of drug-likeness (QED) is 0.735. The number of hydrogen-bond donors (Lipinski definition) is 1. The van der Waals surface area contributed by atoms with Crippen LogP contribution in [0.25, 0.3) is 0 Å². The van der Waals surface area contributed by atoms with Crippen molar-refractivity contribution in [2.75, 3.05) is 6.54 Å². The van der Waals surface area contributed by atoms with Crippen LogP contribution in [-0.2, 0) is 6.61 Å². The Morgan fingerprint density at radius 2 is 1.95 bits per heavy atom. The zero-order valence-corrected chi connectivity index (χ0v) is 14.4. The predicted octanol–water partition coefficient (Wildman–Crippen LogP) is 4.01. The summed E-state index contributed by atoms with van der Waals surface area (Å²) in [4.78, 5) is 12.1. The van der Waals surface area contributed by atoms with E-state index in [-0.39, 0.29) is 5.91 Å². The summed E-state index contributed by atoms with van der Waals surface area (Å²) in [5.41, 5.74) is 1.82. The fourth-order valence-electron chi connectivity index (χ4n) is 2.16. The van der Waals surface area contributed by atoms with E-state index in [1.807, 2.05) is 48.5 Å². The van der Waals surface area contributed by atoms with Gasteiger partial charge in [-0.05, 0) is 65.1 Å². The Morgan fingerprint density at radius 3 is 2.64 bits per heavy atom. The number of benzene rings is 2. The molecule has 0 radical (unpaired) electrons. The van der Waals surface area contributed by atoms with E-state index in [2.05, 4.69) is 27.9 Å². The van der Waals surface area contributed by atoms with Gasteiger partial charge in [-0.3, -0.25) is 4.79 Å². The first kappa shape index (κ1) is 15.3. The Morgan fingerprint density at radius 1 is 1.18 bits per heavy atom. The molecule has 2 aromatic rings. The van der Waals surface area contributed by atoms with Gasteiger partial charge in [-0.25, -0.2) is 0 Å². The van der Waals surface area contributed by atoms with E-state index < -0.39 is 0 Å². The topological polar surface area (TPSA) is 38.3 Å². The number of carbonyl (C=O) groups is 1. The van der Waals surface area contributed by atoms with Gasteiger partial charge in [0.2, 0.25) is 0 Å². The third-order valence-electron chi connectivity index (χ3n) is 3.68. The zero-order chi connectivity index (χ0) is 15.4. The molecule has 3 nitrogen and oxygen atoms in total. The van der Waals surface area contributed by atoms with Gasteiger partial charge in [-0.2, -0.15) is 0 Å². The van der Waals surface area contributed by atoms with Crippen LogP contribution >= 0.6 is 22.6 Å². The van der Waals surface area contributed by atoms with Gasteiger partial charge in [0.15, 0.2) is 0 Å². The lowest BCUT2D eigenvalue weighted by molar-refractivity contribution is 0.0951. The molecule has 114 valence electrons. The van der Waals surface area contributed by atoms with Crippen molar-refractivity contribution in [2.24, 2.45) is 5.92 Å². The highest BCUT2D eigenvalue weighted by Crippen LogP contribution is 2.28. The Hall–Kier alpha value is -1.56. The minimum absolute atomic E-state index is 0.000532. The van der Waals surface area contributed by atoms with E-state index in [1.54, 1.807) is 0 Å². The van der Waals surface area contributed by atoms with Gasteiger partial charge in [0, 0.05) is 12.1 Å². The Balaban J connectivity index is 1.60. The molecule has 1 amide bonds. The molecule has 1 aliphatic carbocycles. The van der Waals surface area contributed by atoms with Crippen LogP contribution in [0.1, 0.15) is 28.8 Å². The van der Waals surface area contributed by atoms with Crippen LogP contribution in [0.2, 0.25) is 0 Å². The first-order valence-electron chi connectivity index (χ1n) is 7.47. The molecule has 0 bridgehead atoms. The van der Waals surface area contributed by atoms with Crippen molar-refractivity contribution in [3.63, 3.8) is 0 Å². The summed E-state index contributed by atoms with van der Waals surface area (Å²) in [7, 11) is 0. The van der Waals surface area contributed by atoms with Gasteiger partial charge in [-0.1, -0.05) is 30.3 Å². The molecule has 22 heavy (non-hydrogen) atoms. The van der Waals surface area contributed by atoms with Crippen LogP contribution in [0.3, 0.4) is 0 Å². The lowest BCUT2D eigenvalue weighted by atomic mass is 10.2. The SMILES string of the molecule is O=C(NCC1CC1)c1ccc(OCc2ccccc2)c(I)c1. The second-order valence-electron chi connectivity index (χ2n) is 5.57. The number of amides is 1. The zero-order valence-electron chi connectivity index (χ0n) is 12.2. The normalized spacial score (nSPS) is 13.7. The van der Waals surface area contributed by atoms with E-state index in [4.69, 9.17) is 4.74 Å². The maximum atomic E-state index is 12.1. The molecule has 0 aliphatic heterocycles. The Labute approximate surface area is 144 Å². The molecule has 0 unspecified atom stereocenters. The molecule has 1 aliphatic rings. The van der Waals surface area contributed by atoms with E-state index in [0.29, 0.717) is 18.1 Å². The van der Waals surface area contributed by atoms with Crippen molar-refractivity contribution in [3.05, 3.63) is 63.2 Å². The molecule has 3 rings (SSSR count). The predicted molar refractivity (Wildman–Crippen MR) is 95.0 cm³/mol. The van der Waals surface area contributed by atoms with Gasteiger partial charge >= 0.3 is 0 Å². The largest absolute Gasteiger partial charge is 0.488 e. The monoisotopic (exact) mass is 407 g/mol. The Bertz CT molecular complexity index is 653. The second-order valence-corrected chi connectivity index (χ2v) is 6.74. The van der Waals surface area contributed by atoms with Crippen LogP contribution < -0.4 is 10.1 Å². The summed E-state index contributed by atoms with van der Waals surface area (Å²) in [5.74, 6) is 1.50. The van der Waals surface area contributed by atoms with Crippen LogP contribution in [-0.4, -0.2) is 12.5 Å². The second kappa shape index (κ2) is 7.13. The summed E-state index contributed by atoms with van der Waals surface area (Å²) >= 11 is 2.21. The third kappa shape index (κ3) is 4.22. The van der Waals surface area contributed by atoms with Crippen molar-refractivity contribution in [3.8, 4) is 5.75 Å². The highest BCUT2D eigenvalue weighted by Gasteiger charge is 2.22. The molecule has 4 heteroatoms. The van der Waals surface area contributed by atoms with Gasteiger partial charge in [0.25, 0.3) is 5.91 Å². The van der Waals surface area contributed by atoms with Crippen molar-refractivity contribution >= 4 is 28.5 Å². The van der Waals surface area contributed by atoms with Crippen molar-refractivity contribution in [1.82, 2.24) is 5.32 Å². The van der Waals surface area contributed by atoms with Gasteiger partial charge in [0.05, 0.1) is 3.57 Å². The van der Waals surface area contributed by atoms with E-state index in [9.17, 15) is 4.79 Å². The number of halogens is 1. The van der Waals surface area contributed by atoms with E-state index >= 15 is 0 Å². The number of hydrogen-bond acceptors (Lipinski definition) is 2. The fourth-order valence-corrected chi connectivity index (χ4v) is 2.83. The summed E-state index contributed by atoms with van der Waals surface area (Å²) in [6.07, 6.45) is 2.48. The summed E-state index contributed by atoms with van der Waals surface area (Å²) < 4.78 is 6.78. The molecular weight excluding hydrogens is 389 g/mol. The first-order valence-corrected chi connectivity index (χ1v) is 8.55. The molecule has 0 atom stereocenters. The summed E-state index contributed by atoms with van der Waals surface area (Å²) in [6.45, 7) is 1.33. The average Bonchev–Trinajstić information content (AvgIpc) is 3.36. The van der Waals surface area contributed by atoms with Crippen LogP contribution in [0.5, 0.6) is 5.75 Å². The van der Waals surface area contributed by atoms with E-state index in [1.165, 1.54) is 12.8 Å². The smallest absolute Gasteiger partial charge is 0.251 e. The molecule has 1 N–H and O–H groups in total. The molecule has 2 aromatic carbocycles. The molecule has 0 heterocycles. The van der Waals surface area contributed by atoms with Gasteiger partial charge in [0.1, 0.15) is 12.4 Å². The highest BCUT2D eigenvalue weighted by atomic mass is 127. The minimum atomic E-state index is -0.000532. The van der Waals surface area contributed by atoms with Crippen LogP contribution in [0, 0.1) is 9.49 Å². The maximum Gasteiger partial charge on any atom is 0.251 e. The summed E-state index contributed by atoms with van der Waals surface area (Å²) in [6, 6.07) is 15.6. The maximum absolute atomic E-state index is 12.1. The Kier molecular flexibility index (Phi) is 4.97. The van der Waals surface area contributed by atoms with Crippen molar-refractivity contribution < 1.29 is 9.53 Å². The molecule has 0 spiro atoms. The van der Waals surface area contributed by atoms with Crippen LogP contribution in [0.15, 0.2) is 48.5 Å². The fraction of sp³-hybridized carbons (Fsp3) is 0.278. The molecule has 0 saturated heterocycles. The molecular formula is C18H18INO2. The lowest BCUT2D eigenvalue weighted by Crippen LogP contribution is -2.25. The number of carbonyl (C=O) groups excluding carboxylic acids is 1. The lowest BCUT2D eigenvalue weighted by Gasteiger charge is -2.10. The molecule has 1 fully saturated rings. The molecule has 0 aromatic heterocycles. The van der Waals surface area contributed by atoms with Crippen LogP contribution in [0.4, 0.5) is 0 Å². The van der Waals surface area contributed by atoms with E-state index in [0.717, 1.165) is 21.4 Å². The van der Waals surface area contributed by atoms with Gasteiger partial charge < -0.3 is 10.1 Å². The van der Waals surface area contributed by atoms with Crippen molar-refractivity contribution in [1.29, 1.82) is 0 Å². The average molecular weight is 407 g/mol. The molecule has 1 saturated carbocycles. The first-order chi connectivity index (χ1) is 10.7. The van der Waals surface area contributed by atoms with Gasteiger partial charge in [-0.15, -0.1) is 0 Å². The number of nitrogens with one attached hydrogen (secondary N) is 1. The highest BCUT2D eigenvalue weighted by molar-refractivity contribution is 14.1. The van der Waals surface area contributed by atoms with Crippen molar-refractivity contribution in [2.45, 2.75) is 19.4 Å². The standard InChI is InChI=1S/C18H18INO2/c19-16-10-15(18(21)20-11-13-6-7-13)8-9-17(16)22-12-14-4-2-1-3-5-14/h1-5,8-10,13H,6-7,11-12H2,(H,20,21). The minimum Gasteiger partial charge on any atom is -0.488 e. The number of ether oxygens (including phenoxy) is 1.